The van der Waals surface area contributed by atoms with Crippen LogP contribution in [-0.2, 0) is 6.54 Å². The van der Waals surface area contributed by atoms with Gasteiger partial charge >= 0.3 is 0 Å². The fraction of sp³-hybridized carbons (Fsp3) is 0.316. The zero-order valence-corrected chi connectivity index (χ0v) is 14.1. The summed E-state index contributed by atoms with van der Waals surface area (Å²) < 4.78 is 37.5. The average Bonchev–Trinajstić information content (AvgIpc) is 3.10. The van der Waals surface area contributed by atoms with Crippen LogP contribution in [0.15, 0.2) is 36.4 Å². The normalized spacial score (nSPS) is 16.8. The lowest BCUT2D eigenvalue weighted by Crippen LogP contribution is -2.48. The number of hydrogen-bond donors (Lipinski definition) is 0. The van der Waals surface area contributed by atoms with Gasteiger partial charge in [0.15, 0.2) is 11.5 Å². The zero-order chi connectivity index (χ0) is 18.1. The molecular weight excluding hydrogens is 342 g/mol. The predicted molar refractivity (Wildman–Crippen MR) is 90.1 cm³/mol. The number of carbonyl (C=O) groups is 1. The van der Waals surface area contributed by atoms with Crippen molar-refractivity contribution >= 4 is 5.91 Å². The van der Waals surface area contributed by atoms with E-state index in [1.807, 2.05) is 18.2 Å². The molecule has 2 aromatic carbocycles. The van der Waals surface area contributed by atoms with Crippen molar-refractivity contribution in [3.05, 3.63) is 59.2 Å². The molecular formula is C19H18F2N2O3. The van der Waals surface area contributed by atoms with Crippen molar-refractivity contribution in [2.24, 2.45) is 0 Å². The molecule has 5 nitrogen and oxygen atoms in total. The van der Waals surface area contributed by atoms with Crippen molar-refractivity contribution in [2.75, 3.05) is 33.0 Å². The van der Waals surface area contributed by atoms with Crippen LogP contribution in [0.3, 0.4) is 0 Å². The van der Waals surface area contributed by atoms with Crippen LogP contribution in [0.2, 0.25) is 0 Å². The minimum Gasteiger partial charge on any atom is -0.454 e. The van der Waals surface area contributed by atoms with Crippen LogP contribution in [0.4, 0.5) is 8.78 Å². The van der Waals surface area contributed by atoms with Crippen molar-refractivity contribution < 1.29 is 23.0 Å². The molecule has 1 fully saturated rings. The summed E-state index contributed by atoms with van der Waals surface area (Å²) in [4.78, 5) is 16.3. The molecule has 0 saturated carbocycles. The second kappa shape index (κ2) is 6.92. The number of rotatable bonds is 3. The molecule has 1 amide bonds. The molecule has 0 atom stereocenters. The molecule has 2 aromatic rings. The topological polar surface area (TPSA) is 42.0 Å². The SMILES string of the molecule is O=C(c1ccc(F)cc1F)N1CCN(Cc2ccc3c(c2)OCO3)CC1. The van der Waals surface area contributed by atoms with E-state index in [9.17, 15) is 13.6 Å². The smallest absolute Gasteiger partial charge is 0.256 e. The Morgan fingerprint density at radius 2 is 1.73 bits per heavy atom. The molecule has 1 saturated heterocycles. The number of ether oxygens (including phenoxy) is 2. The Morgan fingerprint density at radius 3 is 2.50 bits per heavy atom. The molecule has 26 heavy (non-hydrogen) atoms. The van der Waals surface area contributed by atoms with Gasteiger partial charge in [0.05, 0.1) is 5.56 Å². The van der Waals surface area contributed by atoms with Crippen molar-refractivity contribution in [3.8, 4) is 11.5 Å². The van der Waals surface area contributed by atoms with Gasteiger partial charge in [-0.1, -0.05) is 6.07 Å². The number of nitrogens with zero attached hydrogens (tertiary/aromatic N) is 2. The summed E-state index contributed by atoms with van der Waals surface area (Å²) in [6.45, 7) is 3.36. The maximum Gasteiger partial charge on any atom is 0.256 e. The second-order valence-corrected chi connectivity index (χ2v) is 6.38. The van der Waals surface area contributed by atoms with Gasteiger partial charge in [0.1, 0.15) is 11.6 Å². The second-order valence-electron chi connectivity index (χ2n) is 6.38. The molecule has 4 rings (SSSR count). The van der Waals surface area contributed by atoms with E-state index in [1.165, 1.54) is 6.07 Å². The van der Waals surface area contributed by atoms with E-state index in [0.717, 1.165) is 35.7 Å². The molecule has 0 spiro atoms. The molecule has 136 valence electrons. The van der Waals surface area contributed by atoms with Crippen LogP contribution in [-0.4, -0.2) is 48.7 Å². The van der Waals surface area contributed by atoms with Gasteiger partial charge in [0.25, 0.3) is 5.91 Å². The monoisotopic (exact) mass is 360 g/mol. The molecule has 0 aliphatic carbocycles. The lowest BCUT2D eigenvalue weighted by atomic mass is 10.1. The van der Waals surface area contributed by atoms with Gasteiger partial charge in [-0.15, -0.1) is 0 Å². The van der Waals surface area contributed by atoms with Gasteiger partial charge in [-0.2, -0.15) is 0 Å². The van der Waals surface area contributed by atoms with E-state index in [0.29, 0.717) is 26.2 Å². The van der Waals surface area contributed by atoms with Crippen LogP contribution < -0.4 is 9.47 Å². The number of benzene rings is 2. The Kier molecular flexibility index (Phi) is 4.46. The van der Waals surface area contributed by atoms with Crippen LogP contribution in [0.5, 0.6) is 11.5 Å². The van der Waals surface area contributed by atoms with Gasteiger partial charge in [-0.05, 0) is 29.8 Å². The lowest BCUT2D eigenvalue weighted by molar-refractivity contribution is 0.0624. The van der Waals surface area contributed by atoms with Gasteiger partial charge < -0.3 is 14.4 Å². The highest BCUT2D eigenvalue weighted by molar-refractivity contribution is 5.94. The average molecular weight is 360 g/mol. The Labute approximate surface area is 149 Å². The molecule has 2 aliphatic rings. The van der Waals surface area contributed by atoms with E-state index in [2.05, 4.69) is 4.90 Å². The molecule has 0 bridgehead atoms. The Morgan fingerprint density at radius 1 is 0.962 bits per heavy atom. The van der Waals surface area contributed by atoms with Crippen molar-refractivity contribution in [3.63, 3.8) is 0 Å². The first kappa shape index (κ1) is 16.8. The quantitative estimate of drug-likeness (QED) is 0.844. The van der Waals surface area contributed by atoms with Crippen LogP contribution in [0.1, 0.15) is 15.9 Å². The van der Waals surface area contributed by atoms with Crippen LogP contribution in [0, 0.1) is 11.6 Å². The standard InChI is InChI=1S/C19H18F2N2O3/c20-14-2-3-15(16(21)10-14)19(24)23-7-5-22(6-8-23)11-13-1-4-17-18(9-13)26-12-25-17/h1-4,9-10H,5-8,11-12H2. The maximum absolute atomic E-state index is 13.8. The fourth-order valence-electron chi connectivity index (χ4n) is 3.24. The Bertz CT molecular complexity index is 836. The number of amides is 1. The molecule has 2 heterocycles. The number of fused-ring (bicyclic) bond motifs is 1. The maximum atomic E-state index is 13.8. The molecule has 0 unspecified atom stereocenters. The summed E-state index contributed by atoms with van der Waals surface area (Å²) >= 11 is 0. The molecule has 0 radical (unpaired) electrons. The molecule has 7 heteroatoms. The summed E-state index contributed by atoms with van der Waals surface area (Å²) in [6, 6.07) is 8.91. The van der Waals surface area contributed by atoms with Crippen LogP contribution in [0.25, 0.3) is 0 Å². The van der Waals surface area contributed by atoms with E-state index < -0.39 is 17.5 Å². The minimum absolute atomic E-state index is 0.0874. The summed E-state index contributed by atoms with van der Waals surface area (Å²) in [7, 11) is 0. The first-order valence-electron chi connectivity index (χ1n) is 8.45. The molecule has 2 aliphatic heterocycles. The summed E-state index contributed by atoms with van der Waals surface area (Å²) in [5, 5.41) is 0. The van der Waals surface area contributed by atoms with E-state index in [-0.39, 0.29) is 12.4 Å². The molecule has 0 N–H and O–H groups in total. The van der Waals surface area contributed by atoms with Crippen molar-refractivity contribution in [1.82, 2.24) is 9.80 Å². The Hall–Kier alpha value is -2.67. The number of halogens is 2. The zero-order valence-electron chi connectivity index (χ0n) is 14.1. The minimum atomic E-state index is -0.821. The van der Waals surface area contributed by atoms with Gasteiger partial charge in [-0.3, -0.25) is 9.69 Å². The number of carbonyl (C=O) groups excluding carboxylic acids is 1. The number of hydrogen-bond acceptors (Lipinski definition) is 4. The van der Waals surface area contributed by atoms with Gasteiger partial charge in [0, 0.05) is 38.8 Å². The fourth-order valence-corrected chi connectivity index (χ4v) is 3.24. The highest BCUT2D eigenvalue weighted by Gasteiger charge is 2.24. The Balaban J connectivity index is 1.36. The first-order chi connectivity index (χ1) is 12.6. The highest BCUT2D eigenvalue weighted by atomic mass is 19.1. The van der Waals surface area contributed by atoms with Crippen LogP contribution >= 0.6 is 0 Å². The van der Waals surface area contributed by atoms with Gasteiger partial charge in [-0.25, -0.2) is 8.78 Å². The summed E-state index contributed by atoms with van der Waals surface area (Å²) in [5.41, 5.74) is 1.02. The van der Waals surface area contributed by atoms with E-state index in [1.54, 1.807) is 4.90 Å². The van der Waals surface area contributed by atoms with E-state index in [4.69, 9.17) is 9.47 Å². The summed E-state index contributed by atoms with van der Waals surface area (Å²) in [5.74, 6) is -0.399. The third-order valence-electron chi connectivity index (χ3n) is 4.66. The number of piperazine rings is 1. The summed E-state index contributed by atoms with van der Waals surface area (Å²) in [6.07, 6.45) is 0. The predicted octanol–water partition coefficient (Wildman–Crippen LogP) is 2.65. The lowest BCUT2D eigenvalue weighted by Gasteiger charge is -2.34. The third-order valence-corrected chi connectivity index (χ3v) is 4.66. The van der Waals surface area contributed by atoms with Gasteiger partial charge in [0.2, 0.25) is 6.79 Å². The van der Waals surface area contributed by atoms with Crippen molar-refractivity contribution in [2.45, 2.75) is 6.54 Å². The first-order valence-corrected chi connectivity index (χ1v) is 8.45. The third kappa shape index (κ3) is 3.35. The van der Waals surface area contributed by atoms with E-state index >= 15 is 0 Å². The van der Waals surface area contributed by atoms with Crippen molar-refractivity contribution in [1.29, 1.82) is 0 Å². The largest absolute Gasteiger partial charge is 0.454 e. The highest BCUT2D eigenvalue weighted by Crippen LogP contribution is 2.32. The molecule has 0 aromatic heterocycles.